The number of rotatable bonds is 0. The third-order valence-corrected chi connectivity index (χ3v) is 4.14. The average molecular weight is 223 g/mol. The summed E-state index contributed by atoms with van der Waals surface area (Å²) in [6.07, 6.45) is 3.05. The van der Waals surface area contributed by atoms with E-state index >= 15 is 0 Å². The molecule has 17 heavy (non-hydrogen) atoms. The Morgan fingerprint density at radius 2 is 1.71 bits per heavy atom. The Kier molecular flexibility index (Phi) is 2.12. The molecule has 2 aromatic rings. The topological polar surface area (TPSA) is 12.9 Å². The third kappa shape index (κ3) is 1.35. The lowest BCUT2D eigenvalue weighted by Crippen LogP contribution is -1.93. The molecule has 0 radical (unpaired) electrons. The Morgan fingerprint density at radius 3 is 2.47 bits per heavy atom. The molecule has 0 N–H and O–H groups in total. The van der Waals surface area contributed by atoms with Crippen molar-refractivity contribution in [2.75, 3.05) is 0 Å². The highest BCUT2D eigenvalue weighted by Crippen LogP contribution is 2.40. The summed E-state index contributed by atoms with van der Waals surface area (Å²) in [4.78, 5) is 4.66. The molecule has 0 atom stereocenters. The minimum absolute atomic E-state index is 1.05. The standard InChI is InChI=1S/C16H17N/c1-9-5-6-13-7-14-11(3)10(2)8-17-16(14)15(13)12(9)4/h5-6,8H,7H2,1-4H3. The molecule has 1 aromatic carbocycles. The Labute approximate surface area is 103 Å². The summed E-state index contributed by atoms with van der Waals surface area (Å²) in [5.41, 5.74) is 10.9. The van der Waals surface area contributed by atoms with E-state index < -0.39 is 0 Å². The van der Waals surface area contributed by atoms with Gasteiger partial charge >= 0.3 is 0 Å². The summed E-state index contributed by atoms with van der Waals surface area (Å²) in [5, 5.41) is 0. The zero-order valence-corrected chi connectivity index (χ0v) is 10.9. The van der Waals surface area contributed by atoms with Crippen LogP contribution in [0.4, 0.5) is 0 Å². The third-order valence-electron chi connectivity index (χ3n) is 4.14. The van der Waals surface area contributed by atoms with Crippen LogP contribution in [0.15, 0.2) is 18.3 Å². The Balaban J connectivity index is 2.35. The lowest BCUT2D eigenvalue weighted by Gasteiger charge is -2.09. The number of hydrogen-bond donors (Lipinski definition) is 0. The van der Waals surface area contributed by atoms with E-state index in [1.165, 1.54) is 44.6 Å². The van der Waals surface area contributed by atoms with Gasteiger partial charge in [-0.3, -0.25) is 4.98 Å². The number of pyridine rings is 1. The molecular weight excluding hydrogens is 206 g/mol. The van der Waals surface area contributed by atoms with Gasteiger partial charge in [-0.15, -0.1) is 0 Å². The molecule has 1 aliphatic rings. The van der Waals surface area contributed by atoms with Gasteiger partial charge in [-0.25, -0.2) is 0 Å². The van der Waals surface area contributed by atoms with Crippen molar-refractivity contribution < 1.29 is 0 Å². The SMILES string of the molecule is Cc1cnc2c(c1C)Cc1ccc(C)c(C)c1-2. The van der Waals surface area contributed by atoms with Crippen molar-refractivity contribution in [3.05, 3.63) is 51.7 Å². The van der Waals surface area contributed by atoms with E-state index in [4.69, 9.17) is 0 Å². The quantitative estimate of drug-likeness (QED) is 0.563. The Morgan fingerprint density at radius 1 is 0.941 bits per heavy atom. The highest BCUT2D eigenvalue weighted by molar-refractivity contribution is 5.78. The van der Waals surface area contributed by atoms with E-state index in [0.29, 0.717) is 0 Å². The van der Waals surface area contributed by atoms with Crippen molar-refractivity contribution in [1.82, 2.24) is 4.98 Å². The number of benzene rings is 1. The molecule has 86 valence electrons. The fourth-order valence-corrected chi connectivity index (χ4v) is 2.72. The fraction of sp³-hybridized carbons (Fsp3) is 0.312. The summed E-state index contributed by atoms with van der Waals surface area (Å²) in [6, 6.07) is 4.48. The molecule has 0 aliphatic heterocycles. The Hall–Kier alpha value is -1.63. The zero-order valence-electron chi connectivity index (χ0n) is 10.9. The van der Waals surface area contributed by atoms with Crippen LogP contribution >= 0.6 is 0 Å². The molecule has 1 nitrogen and oxygen atoms in total. The molecule has 0 saturated carbocycles. The number of hydrogen-bond acceptors (Lipinski definition) is 1. The number of aromatic nitrogens is 1. The van der Waals surface area contributed by atoms with E-state index in [1.807, 2.05) is 6.20 Å². The number of nitrogens with zero attached hydrogens (tertiary/aromatic N) is 1. The molecular formula is C16H17N. The summed E-state index contributed by atoms with van der Waals surface area (Å²) in [5.74, 6) is 0. The maximum absolute atomic E-state index is 4.66. The van der Waals surface area contributed by atoms with Crippen molar-refractivity contribution in [1.29, 1.82) is 0 Å². The van der Waals surface area contributed by atoms with Gasteiger partial charge in [0.15, 0.2) is 0 Å². The average Bonchev–Trinajstić information content (AvgIpc) is 2.69. The lowest BCUT2D eigenvalue weighted by molar-refractivity contribution is 1.14. The van der Waals surface area contributed by atoms with Crippen LogP contribution in [0.25, 0.3) is 11.3 Å². The number of fused-ring (bicyclic) bond motifs is 3. The van der Waals surface area contributed by atoms with E-state index in [1.54, 1.807) is 0 Å². The predicted molar refractivity (Wildman–Crippen MR) is 71.4 cm³/mol. The fourth-order valence-electron chi connectivity index (χ4n) is 2.72. The summed E-state index contributed by atoms with van der Waals surface area (Å²) >= 11 is 0. The summed E-state index contributed by atoms with van der Waals surface area (Å²) in [6.45, 7) is 8.74. The van der Waals surface area contributed by atoms with E-state index in [-0.39, 0.29) is 0 Å². The lowest BCUT2D eigenvalue weighted by atomic mass is 9.99. The minimum Gasteiger partial charge on any atom is -0.256 e. The second kappa shape index (κ2) is 3.43. The first kappa shape index (κ1) is 10.5. The highest BCUT2D eigenvalue weighted by Gasteiger charge is 2.24. The number of aryl methyl sites for hydroxylation is 2. The van der Waals surface area contributed by atoms with Crippen molar-refractivity contribution in [3.8, 4) is 11.3 Å². The first-order chi connectivity index (χ1) is 8.09. The monoisotopic (exact) mass is 223 g/mol. The zero-order chi connectivity index (χ0) is 12.2. The summed E-state index contributed by atoms with van der Waals surface area (Å²) < 4.78 is 0. The molecule has 0 amide bonds. The molecule has 3 rings (SSSR count). The van der Waals surface area contributed by atoms with E-state index in [2.05, 4.69) is 44.8 Å². The maximum atomic E-state index is 4.66. The maximum Gasteiger partial charge on any atom is 0.0745 e. The normalized spacial score (nSPS) is 12.5. The molecule has 0 unspecified atom stereocenters. The largest absolute Gasteiger partial charge is 0.256 e. The molecule has 1 heterocycles. The van der Waals surface area contributed by atoms with Gasteiger partial charge < -0.3 is 0 Å². The van der Waals surface area contributed by atoms with Crippen molar-refractivity contribution >= 4 is 0 Å². The van der Waals surface area contributed by atoms with Gasteiger partial charge in [-0.05, 0) is 61.1 Å². The summed E-state index contributed by atoms with van der Waals surface area (Å²) in [7, 11) is 0. The molecule has 1 heteroatoms. The van der Waals surface area contributed by atoms with Gasteiger partial charge in [-0.1, -0.05) is 12.1 Å². The van der Waals surface area contributed by atoms with E-state index in [0.717, 1.165) is 6.42 Å². The van der Waals surface area contributed by atoms with Crippen LogP contribution in [-0.4, -0.2) is 4.98 Å². The van der Waals surface area contributed by atoms with Crippen LogP contribution in [0.5, 0.6) is 0 Å². The van der Waals surface area contributed by atoms with Gasteiger partial charge in [0, 0.05) is 18.2 Å². The molecule has 0 bridgehead atoms. The Bertz CT molecular complexity index is 624. The van der Waals surface area contributed by atoms with Gasteiger partial charge in [0.25, 0.3) is 0 Å². The predicted octanol–water partition coefficient (Wildman–Crippen LogP) is 3.89. The molecule has 0 fully saturated rings. The van der Waals surface area contributed by atoms with Crippen molar-refractivity contribution in [2.24, 2.45) is 0 Å². The second-order valence-corrected chi connectivity index (χ2v) is 5.11. The van der Waals surface area contributed by atoms with Crippen LogP contribution in [0.3, 0.4) is 0 Å². The molecule has 0 spiro atoms. The highest BCUT2D eigenvalue weighted by atomic mass is 14.7. The van der Waals surface area contributed by atoms with Crippen LogP contribution in [0, 0.1) is 27.7 Å². The van der Waals surface area contributed by atoms with Crippen molar-refractivity contribution in [3.63, 3.8) is 0 Å². The van der Waals surface area contributed by atoms with Crippen molar-refractivity contribution in [2.45, 2.75) is 34.1 Å². The smallest absolute Gasteiger partial charge is 0.0745 e. The van der Waals surface area contributed by atoms with Gasteiger partial charge in [0.2, 0.25) is 0 Å². The first-order valence-corrected chi connectivity index (χ1v) is 6.14. The molecule has 1 aromatic heterocycles. The molecule has 1 aliphatic carbocycles. The van der Waals surface area contributed by atoms with Crippen LogP contribution in [0.2, 0.25) is 0 Å². The first-order valence-electron chi connectivity index (χ1n) is 6.14. The molecule has 0 saturated heterocycles. The van der Waals surface area contributed by atoms with Crippen LogP contribution < -0.4 is 0 Å². The van der Waals surface area contributed by atoms with E-state index in [9.17, 15) is 0 Å². The van der Waals surface area contributed by atoms with Crippen LogP contribution in [0.1, 0.15) is 33.4 Å². The second-order valence-electron chi connectivity index (χ2n) is 5.11. The van der Waals surface area contributed by atoms with Gasteiger partial charge in [0.1, 0.15) is 0 Å². The minimum atomic E-state index is 1.05. The van der Waals surface area contributed by atoms with Gasteiger partial charge in [0.05, 0.1) is 5.69 Å². The van der Waals surface area contributed by atoms with Gasteiger partial charge in [-0.2, -0.15) is 0 Å². The van der Waals surface area contributed by atoms with Crippen LogP contribution in [-0.2, 0) is 6.42 Å².